The van der Waals surface area contributed by atoms with Crippen molar-refractivity contribution in [1.82, 2.24) is 0 Å². The number of nitro groups is 2. The summed E-state index contributed by atoms with van der Waals surface area (Å²) < 4.78 is 26.7. The number of nitrogens with zero attached hydrogens (tertiary/aromatic N) is 2. The van der Waals surface area contributed by atoms with Gasteiger partial charge in [-0.3, -0.25) is 25.0 Å². The summed E-state index contributed by atoms with van der Waals surface area (Å²) in [4.78, 5) is 19.9. The molecule has 0 fully saturated rings. The van der Waals surface area contributed by atoms with E-state index in [1.807, 2.05) is 0 Å². The van der Waals surface area contributed by atoms with Crippen LogP contribution in [0.4, 0.5) is 17.1 Å². The Bertz CT molecular complexity index is 877. The van der Waals surface area contributed by atoms with Crippen LogP contribution in [0.3, 0.4) is 0 Å². The van der Waals surface area contributed by atoms with Gasteiger partial charge in [-0.1, -0.05) is 0 Å². The lowest BCUT2D eigenvalue weighted by Gasteiger charge is -2.08. The molecule has 0 atom stereocenters. The zero-order chi connectivity index (χ0) is 17.2. The van der Waals surface area contributed by atoms with E-state index in [1.165, 1.54) is 25.1 Å². The second-order valence-electron chi connectivity index (χ2n) is 4.61. The van der Waals surface area contributed by atoms with Gasteiger partial charge in [0, 0.05) is 29.4 Å². The Morgan fingerprint density at radius 1 is 0.957 bits per heavy atom. The molecule has 0 aliphatic rings. The van der Waals surface area contributed by atoms with Crippen molar-refractivity contribution in [2.45, 2.75) is 11.8 Å². The second kappa shape index (κ2) is 6.01. The summed E-state index contributed by atoms with van der Waals surface area (Å²) in [5, 5.41) is 21.3. The van der Waals surface area contributed by atoms with Crippen molar-refractivity contribution < 1.29 is 18.3 Å². The van der Waals surface area contributed by atoms with Gasteiger partial charge in [-0.05, 0) is 31.2 Å². The number of sulfonamides is 1. The highest BCUT2D eigenvalue weighted by molar-refractivity contribution is 7.92. The smallest absolute Gasteiger partial charge is 0.272 e. The third-order valence-corrected chi connectivity index (χ3v) is 4.40. The van der Waals surface area contributed by atoms with Crippen molar-refractivity contribution in [2.24, 2.45) is 0 Å². The fourth-order valence-corrected chi connectivity index (χ4v) is 2.93. The van der Waals surface area contributed by atoms with Crippen LogP contribution in [-0.4, -0.2) is 18.3 Å². The van der Waals surface area contributed by atoms with Gasteiger partial charge < -0.3 is 0 Å². The van der Waals surface area contributed by atoms with E-state index in [0.717, 1.165) is 24.3 Å². The Hall–Kier alpha value is -3.01. The molecule has 0 heterocycles. The van der Waals surface area contributed by atoms with E-state index < -0.39 is 19.9 Å². The third kappa shape index (κ3) is 3.61. The molecule has 2 aromatic rings. The van der Waals surface area contributed by atoms with Crippen molar-refractivity contribution in [2.75, 3.05) is 4.72 Å². The molecule has 2 aromatic carbocycles. The van der Waals surface area contributed by atoms with E-state index in [-0.39, 0.29) is 22.0 Å². The van der Waals surface area contributed by atoms with Crippen LogP contribution in [0.5, 0.6) is 0 Å². The molecule has 0 unspecified atom stereocenters. The molecule has 0 aromatic heterocycles. The van der Waals surface area contributed by atoms with Crippen molar-refractivity contribution in [3.05, 3.63) is 68.3 Å². The van der Waals surface area contributed by atoms with Crippen molar-refractivity contribution in [3.63, 3.8) is 0 Å². The molecule has 9 nitrogen and oxygen atoms in total. The van der Waals surface area contributed by atoms with Crippen molar-refractivity contribution >= 4 is 27.1 Å². The molecule has 2 rings (SSSR count). The van der Waals surface area contributed by atoms with E-state index in [9.17, 15) is 28.6 Å². The molecule has 0 aliphatic heterocycles. The Labute approximate surface area is 130 Å². The topological polar surface area (TPSA) is 132 Å². The monoisotopic (exact) mass is 337 g/mol. The van der Waals surface area contributed by atoms with Crippen LogP contribution in [-0.2, 0) is 10.0 Å². The molecule has 0 aliphatic carbocycles. The van der Waals surface area contributed by atoms with Crippen molar-refractivity contribution in [3.8, 4) is 0 Å². The molecule has 10 heteroatoms. The number of benzene rings is 2. The first-order valence-corrected chi connectivity index (χ1v) is 7.71. The number of hydrogen-bond donors (Lipinski definition) is 1. The lowest BCUT2D eigenvalue weighted by molar-refractivity contribution is -0.385. The van der Waals surface area contributed by atoms with Gasteiger partial charge in [0.15, 0.2) is 0 Å². The van der Waals surface area contributed by atoms with Crippen LogP contribution in [0.25, 0.3) is 0 Å². The summed E-state index contributed by atoms with van der Waals surface area (Å²) in [6, 6.07) is 8.18. The number of aryl methyl sites for hydroxylation is 1. The van der Waals surface area contributed by atoms with Gasteiger partial charge in [0.05, 0.1) is 14.7 Å². The number of non-ortho nitro benzene ring substituents is 1. The van der Waals surface area contributed by atoms with Crippen LogP contribution in [0.2, 0.25) is 0 Å². The minimum Gasteiger partial charge on any atom is -0.280 e. The fraction of sp³-hybridized carbons (Fsp3) is 0.0769. The summed E-state index contributed by atoms with van der Waals surface area (Å²) in [5.41, 5.74) is 0.115. The average Bonchev–Trinajstić information content (AvgIpc) is 2.46. The normalized spacial score (nSPS) is 11.0. The van der Waals surface area contributed by atoms with E-state index in [0.29, 0.717) is 5.56 Å². The standard InChI is InChI=1S/C13H11N3O6S/c1-9-8-10(2-7-13(9)16(19)20)14-23(21,22)12-5-3-11(4-6-12)15(17)18/h2-8,14H,1H3. The summed E-state index contributed by atoms with van der Waals surface area (Å²) >= 11 is 0. The van der Waals surface area contributed by atoms with Crippen LogP contribution in [0.15, 0.2) is 47.4 Å². The summed E-state index contributed by atoms with van der Waals surface area (Å²) in [5.74, 6) is 0. The zero-order valence-electron chi connectivity index (χ0n) is 11.8. The second-order valence-corrected chi connectivity index (χ2v) is 6.30. The van der Waals surface area contributed by atoms with Gasteiger partial charge in [-0.25, -0.2) is 8.42 Å². The fourth-order valence-electron chi connectivity index (χ4n) is 1.88. The van der Waals surface area contributed by atoms with Crippen LogP contribution >= 0.6 is 0 Å². The number of nitro benzene ring substituents is 2. The summed E-state index contributed by atoms with van der Waals surface area (Å²) in [6.07, 6.45) is 0. The van der Waals surface area contributed by atoms with E-state index in [1.54, 1.807) is 0 Å². The number of anilines is 1. The molecule has 1 N–H and O–H groups in total. The molecule has 0 spiro atoms. The maximum Gasteiger partial charge on any atom is 0.272 e. The Morgan fingerprint density at radius 3 is 2.04 bits per heavy atom. The lowest BCUT2D eigenvalue weighted by Crippen LogP contribution is -2.13. The largest absolute Gasteiger partial charge is 0.280 e. The average molecular weight is 337 g/mol. The molecular weight excluding hydrogens is 326 g/mol. The minimum absolute atomic E-state index is 0.122. The first-order chi connectivity index (χ1) is 10.7. The Morgan fingerprint density at radius 2 is 1.57 bits per heavy atom. The Kier molecular flexibility index (Phi) is 4.27. The van der Waals surface area contributed by atoms with Crippen LogP contribution in [0.1, 0.15) is 5.56 Å². The molecule has 0 saturated carbocycles. The molecule has 0 saturated heterocycles. The van der Waals surface area contributed by atoms with Gasteiger partial charge in [0.25, 0.3) is 21.4 Å². The first-order valence-electron chi connectivity index (χ1n) is 6.23. The Balaban J connectivity index is 2.29. The molecule has 23 heavy (non-hydrogen) atoms. The van der Waals surface area contributed by atoms with E-state index >= 15 is 0 Å². The predicted octanol–water partition coefficient (Wildman–Crippen LogP) is 2.61. The summed E-state index contributed by atoms with van der Waals surface area (Å²) in [7, 11) is -3.95. The highest BCUT2D eigenvalue weighted by Gasteiger charge is 2.17. The molecule has 120 valence electrons. The minimum atomic E-state index is -3.95. The molecule has 0 bridgehead atoms. The first kappa shape index (κ1) is 16.4. The highest BCUT2D eigenvalue weighted by atomic mass is 32.2. The number of rotatable bonds is 5. The third-order valence-electron chi connectivity index (χ3n) is 3.00. The zero-order valence-corrected chi connectivity index (χ0v) is 12.6. The van der Waals surface area contributed by atoms with Crippen LogP contribution < -0.4 is 4.72 Å². The van der Waals surface area contributed by atoms with Gasteiger partial charge in [-0.15, -0.1) is 0 Å². The van der Waals surface area contributed by atoms with E-state index in [4.69, 9.17) is 0 Å². The lowest BCUT2D eigenvalue weighted by atomic mass is 10.2. The maximum absolute atomic E-state index is 12.2. The van der Waals surface area contributed by atoms with Crippen molar-refractivity contribution in [1.29, 1.82) is 0 Å². The molecule has 0 radical (unpaired) electrons. The highest BCUT2D eigenvalue weighted by Crippen LogP contribution is 2.24. The van der Waals surface area contributed by atoms with Gasteiger partial charge in [0.1, 0.15) is 0 Å². The SMILES string of the molecule is Cc1cc(NS(=O)(=O)c2ccc([N+](=O)[O-])cc2)ccc1[N+](=O)[O-]. The maximum atomic E-state index is 12.2. The molecule has 0 amide bonds. The van der Waals surface area contributed by atoms with E-state index in [2.05, 4.69) is 4.72 Å². The van der Waals surface area contributed by atoms with Gasteiger partial charge >= 0.3 is 0 Å². The van der Waals surface area contributed by atoms with Gasteiger partial charge in [-0.2, -0.15) is 0 Å². The summed E-state index contributed by atoms with van der Waals surface area (Å²) in [6.45, 7) is 1.49. The predicted molar refractivity (Wildman–Crippen MR) is 81.7 cm³/mol. The van der Waals surface area contributed by atoms with Gasteiger partial charge in [0.2, 0.25) is 0 Å². The van der Waals surface area contributed by atoms with Crippen LogP contribution in [0, 0.1) is 27.2 Å². The number of hydrogen-bond acceptors (Lipinski definition) is 6. The quantitative estimate of drug-likeness (QED) is 0.658. The number of nitrogens with one attached hydrogen (secondary N) is 1. The molecular formula is C13H11N3O6S.